The first-order valence-corrected chi connectivity index (χ1v) is 8.74. The van der Waals surface area contributed by atoms with Crippen LogP contribution in [0.25, 0.3) is 0 Å². The summed E-state index contributed by atoms with van der Waals surface area (Å²) >= 11 is 0. The Kier molecular flexibility index (Phi) is 7.14. The highest BCUT2D eigenvalue weighted by Gasteiger charge is 2.28. The molecule has 1 rings (SSSR count). The van der Waals surface area contributed by atoms with Gasteiger partial charge in [0.15, 0.2) is 17.5 Å². The summed E-state index contributed by atoms with van der Waals surface area (Å²) in [6, 6.07) is 4.22. The van der Waals surface area contributed by atoms with Crippen molar-refractivity contribution in [2.75, 3.05) is 7.11 Å². The van der Waals surface area contributed by atoms with Crippen LogP contribution >= 0.6 is 0 Å². The SMILES string of the molecule is COC(=O)[C@@H]([NH3+])Cc1ccc(OC(=O)C(C)(C)C)c(OC(=O)C(C)(C)C)c1. The molecule has 1 aromatic rings. The fourth-order valence-electron chi connectivity index (χ4n) is 1.88. The Labute approximate surface area is 160 Å². The van der Waals surface area contributed by atoms with E-state index in [0.29, 0.717) is 12.0 Å². The highest BCUT2D eigenvalue weighted by Crippen LogP contribution is 2.32. The zero-order valence-corrected chi connectivity index (χ0v) is 17.2. The minimum absolute atomic E-state index is 0.127. The van der Waals surface area contributed by atoms with Gasteiger partial charge in [-0.3, -0.25) is 9.59 Å². The first-order valence-electron chi connectivity index (χ1n) is 8.74. The van der Waals surface area contributed by atoms with Gasteiger partial charge in [0, 0.05) is 6.42 Å². The van der Waals surface area contributed by atoms with Crippen molar-refractivity contribution >= 4 is 17.9 Å². The van der Waals surface area contributed by atoms with E-state index < -0.39 is 34.8 Å². The molecule has 27 heavy (non-hydrogen) atoms. The van der Waals surface area contributed by atoms with E-state index in [1.807, 2.05) is 0 Å². The molecule has 0 aromatic heterocycles. The topological polar surface area (TPSA) is 107 Å². The first kappa shape index (κ1) is 22.6. The predicted molar refractivity (Wildman–Crippen MR) is 99.0 cm³/mol. The average molecular weight is 380 g/mol. The van der Waals surface area contributed by atoms with Gasteiger partial charge >= 0.3 is 17.9 Å². The Morgan fingerprint density at radius 1 is 0.926 bits per heavy atom. The number of quaternary nitrogens is 1. The number of rotatable bonds is 5. The van der Waals surface area contributed by atoms with Crippen molar-refractivity contribution < 1.29 is 34.3 Å². The van der Waals surface area contributed by atoms with Crippen LogP contribution in [0.4, 0.5) is 0 Å². The number of carbonyl (C=O) groups is 3. The molecule has 0 amide bonds. The van der Waals surface area contributed by atoms with E-state index in [9.17, 15) is 14.4 Å². The zero-order chi connectivity index (χ0) is 21.0. The number of esters is 3. The van der Waals surface area contributed by atoms with Crippen molar-refractivity contribution in [2.24, 2.45) is 10.8 Å². The number of carbonyl (C=O) groups excluding carboxylic acids is 3. The molecule has 0 bridgehead atoms. The third-order valence-electron chi connectivity index (χ3n) is 3.65. The summed E-state index contributed by atoms with van der Waals surface area (Å²) in [4.78, 5) is 36.1. The van der Waals surface area contributed by atoms with Gasteiger partial charge in [0.1, 0.15) is 0 Å². The molecule has 0 aliphatic heterocycles. The molecule has 0 heterocycles. The van der Waals surface area contributed by atoms with Crippen LogP contribution in [-0.2, 0) is 25.5 Å². The van der Waals surface area contributed by atoms with E-state index in [-0.39, 0.29) is 11.5 Å². The van der Waals surface area contributed by atoms with Gasteiger partial charge < -0.3 is 19.9 Å². The Morgan fingerprint density at radius 3 is 1.85 bits per heavy atom. The van der Waals surface area contributed by atoms with Gasteiger partial charge in [-0.2, -0.15) is 0 Å². The molecule has 7 nitrogen and oxygen atoms in total. The Bertz CT molecular complexity index is 712. The molecule has 0 unspecified atom stereocenters. The molecule has 0 radical (unpaired) electrons. The van der Waals surface area contributed by atoms with Crippen molar-refractivity contribution in [2.45, 2.75) is 54.0 Å². The molecule has 0 fully saturated rings. The summed E-state index contributed by atoms with van der Waals surface area (Å²) in [6.07, 6.45) is 0.292. The van der Waals surface area contributed by atoms with Gasteiger partial charge in [-0.1, -0.05) is 6.07 Å². The van der Waals surface area contributed by atoms with E-state index in [4.69, 9.17) is 9.47 Å². The molecule has 0 saturated heterocycles. The number of benzene rings is 1. The molecule has 0 saturated carbocycles. The van der Waals surface area contributed by atoms with Gasteiger partial charge in [0.2, 0.25) is 0 Å². The Morgan fingerprint density at radius 2 is 1.41 bits per heavy atom. The second-order valence-corrected chi connectivity index (χ2v) is 8.48. The number of hydrogen-bond donors (Lipinski definition) is 1. The minimum Gasteiger partial charge on any atom is -0.465 e. The lowest BCUT2D eigenvalue weighted by molar-refractivity contribution is -0.407. The quantitative estimate of drug-likeness (QED) is 0.618. The fraction of sp³-hybridized carbons (Fsp3) is 0.550. The van der Waals surface area contributed by atoms with E-state index in [1.54, 1.807) is 59.7 Å². The van der Waals surface area contributed by atoms with E-state index in [0.717, 1.165) is 0 Å². The molecular weight excluding hydrogens is 350 g/mol. The smallest absolute Gasteiger partial charge is 0.364 e. The van der Waals surface area contributed by atoms with E-state index >= 15 is 0 Å². The zero-order valence-electron chi connectivity index (χ0n) is 17.2. The predicted octanol–water partition coefficient (Wildman–Crippen LogP) is 1.92. The summed E-state index contributed by atoms with van der Waals surface area (Å²) in [5, 5.41) is 0. The van der Waals surface area contributed by atoms with Crippen LogP contribution in [0, 0.1) is 10.8 Å². The van der Waals surface area contributed by atoms with Crippen LogP contribution in [0.1, 0.15) is 47.1 Å². The van der Waals surface area contributed by atoms with Crippen molar-refractivity contribution in [3.63, 3.8) is 0 Å². The Balaban J connectivity index is 3.20. The van der Waals surface area contributed by atoms with Crippen LogP contribution in [0.5, 0.6) is 11.5 Å². The van der Waals surface area contributed by atoms with Gasteiger partial charge in [-0.15, -0.1) is 0 Å². The van der Waals surface area contributed by atoms with Crippen molar-refractivity contribution in [1.82, 2.24) is 0 Å². The minimum atomic E-state index is -0.734. The third kappa shape index (κ3) is 6.67. The van der Waals surface area contributed by atoms with Gasteiger partial charge in [-0.25, -0.2) is 4.79 Å². The highest BCUT2D eigenvalue weighted by molar-refractivity contribution is 5.81. The molecule has 0 aliphatic rings. The fourth-order valence-corrected chi connectivity index (χ4v) is 1.88. The summed E-state index contributed by atoms with van der Waals surface area (Å²) in [5.41, 5.74) is 3.02. The summed E-state index contributed by atoms with van der Waals surface area (Å²) < 4.78 is 15.6. The second kappa shape index (κ2) is 8.52. The molecular formula is C20H30NO6+. The van der Waals surface area contributed by atoms with Crippen molar-refractivity contribution in [3.8, 4) is 11.5 Å². The van der Waals surface area contributed by atoms with Crippen LogP contribution in [-0.4, -0.2) is 31.1 Å². The normalized spacial score (nSPS) is 12.9. The third-order valence-corrected chi connectivity index (χ3v) is 3.65. The van der Waals surface area contributed by atoms with Crippen LogP contribution in [0.2, 0.25) is 0 Å². The lowest BCUT2D eigenvalue weighted by atomic mass is 9.97. The standard InChI is InChI=1S/C20H29NO6/c1-19(2,3)17(23)26-14-9-8-12(10-13(21)16(22)25-7)11-15(14)27-18(24)20(4,5)6/h8-9,11,13H,10,21H2,1-7H3/p+1/t13-/m0/s1. The Hall–Kier alpha value is -2.41. The van der Waals surface area contributed by atoms with Gasteiger partial charge in [0.25, 0.3) is 0 Å². The highest BCUT2D eigenvalue weighted by atomic mass is 16.6. The van der Waals surface area contributed by atoms with Gasteiger partial charge in [0.05, 0.1) is 17.9 Å². The second-order valence-electron chi connectivity index (χ2n) is 8.48. The van der Waals surface area contributed by atoms with Crippen LogP contribution in [0.3, 0.4) is 0 Å². The maximum atomic E-state index is 12.3. The summed E-state index contributed by atoms with van der Waals surface area (Å²) in [6.45, 7) is 10.4. The summed E-state index contributed by atoms with van der Waals surface area (Å²) in [7, 11) is 1.30. The molecule has 7 heteroatoms. The largest absolute Gasteiger partial charge is 0.465 e. The van der Waals surface area contributed by atoms with E-state index in [2.05, 4.69) is 10.5 Å². The lowest BCUT2D eigenvalue weighted by Gasteiger charge is -2.21. The summed E-state index contributed by atoms with van der Waals surface area (Å²) in [5.74, 6) is -1.08. The van der Waals surface area contributed by atoms with E-state index in [1.165, 1.54) is 7.11 Å². The number of hydrogen-bond acceptors (Lipinski definition) is 6. The lowest BCUT2D eigenvalue weighted by Crippen LogP contribution is -2.66. The molecule has 150 valence electrons. The monoisotopic (exact) mass is 380 g/mol. The van der Waals surface area contributed by atoms with Gasteiger partial charge in [-0.05, 0) is 59.2 Å². The first-order chi connectivity index (χ1) is 12.3. The van der Waals surface area contributed by atoms with Crippen molar-refractivity contribution in [1.29, 1.82) is 0 Å². The maximum absolute atomic E-state index is 12.3. The van der Waals surface area contributed by atoms with Crippen LogP contribution in [0.15, 0.2) is 18.2 Å². The molecule has 3 N–H and O–H groups in total. The number of methoxy groups -OCH3 is 1. The van der Waals surface area contributed by atoms with Crippen LogP contribution < -0.4 is 15.2 Å². The maximum Gasteiger partial charge on any atom is 0.364 e. The average Bonchev–Trinajstić information content (AvgIpc) is 2.54. The molecule has 1 atom stereocenters. The molecule has 0 aliphatic carbocycles. The molecule has 1 aromatic carbocycles. The van der Waals surface area contributed by atoms with Crippen molar-refractivity contribution in [3.05, 3.63) is 23.8 Å². The number of ether oxygens (including phenoxy) is 3. The molecule has 0 spiro atoms.